The molecule has 7 nitrogen and oxygen atoms in total. The monoisotopic (exact) mass is 639 g/mol. The maximum atomic E-state index is 14.2. The van der Waals surface area contributed by atoms with E-state index in [1.54, 1.807) is 23.1 Å². The Morgan fingerprint density at radius 1 is 0.927 bits per heavy atom. The fourth-order valence-corrected chi connectivity index (χ4v) is 6.36. The minimum Gasteiger partial charge on any atom is -0.352 e. The Hall–Kier alpha value is -3.17. The van der Waals surface area contributed by atoms with Gasteiger partial charge in [-0.1, -0.05) is 95.9 Å². The summed E-state index contributed by atoms with van der Waals surface area (Å²) < 4.78 is 27.9. The predicted molar refractivity (Wildman–Crippen MR) is 167 cm³/mol. The molecule has 0 saturated heterocycles. The van der Waals surface area contributed by atoms with E-state index in [2.05, 4.69) is 21.2 Å². The highest BCUT2D eigenvalue weighted by Gasteiger charge is 2.34. The SMILES string of the molecule is Cc1cc(N(CC(=O)N(Cc2ccccc2)C(Cc2ccccc2)C(=O)NC2CCCCC2)S(C)(=O)=O)ccc1Br. The van der Waals surface area contributed by atoms with E-state index in [1.165, 1.54) is 0 Å². The molecule has 0 radical (unpaired) electrons. The second-order valence-corrected chi connectivity index (χ2v) is 13.5. The topological polar surface area (TPSA) is 86.8 Å². The van der Waals surface area contributed by atoms with Gasteiger partial charge in [0.25, 0.3) is 0 Å². The average Bonchev–Trinajstić information content (AvgIpc) is 2.96. The van der Waals surface area contributed by atoms with Crippen molar-refractivity contribution in [3.8, 4) is 0 Å². The van der Waals surface area contributed by atoms with Crippen molar-refractivity contribution >= 4 is 43.5 Å². The molecule has 4 rings (SSSR count). The molecule has 0 aliphatic heterocycles. The lowest BCUT2D eigenvalue weighted by molar-refractivity contribution is -0.140. The third-order valence-corrected chi connectivity index (χ3v) is 9.56. The van der Waals surface area contributed by atoms with Crippen LogP contribution in [0.1, 0.15) is 48.8 Å². The number of amides is 2. The van der Waals surface area contributed by atoms with Crippen molar-refractivity contribution in [3.05, 3.63) is 100 Å². The number of aryl methyl sites for hydroxylation is 1. The number of sulfonamides is 1. The summed E-state index contributed by atoms with van der Waals surface area (Å²) in [5, 5.41) is 3.22. The molecule has 1 aliphatic rings. The third kappa shape index (κ3) is 8.66. The molecular formula is C32H38BrN3O4S. The highest BCUT2D eigenvalue weighted by Crippen LogP contribution is 2.26. The maximum Gasteiger partial charge on any atom is 0.244 e. The van der Waals surface area contributed by atoms with Gasteiger partial charge in [-0.2, -0.15) is 0 Å². The van der Waals surface area contributed by atoms with E-state index < -0.39 is 28.5 Å². The lowest BCUT2D eigenvalue weighted by atomic mass is 9.94. The van der Waals surface area contributed by atoms with Gasteiger partial charge in [0, 0.05) is 23.5 Å². The van der Waals surface area contributed by atoms with Gasteiger partial charge in [0.2, 0.25) is 21.8 Å². The van der Waals surface area contributed by atoms with Crippen molar-refractivity contribution in [3.63, 3.8) is 0 Å². The Morgan fingerprint density at radius 3 is 2.12 bits per heavy atom. The van der Waals surface area contributed by atoms with Crippen molar-refractivity contribution in [2.24, 2.45) is 0 Å². The Bertz CT molecular complexity index is 1430. The van der Waals surface area contributed by atoms with Gasteiger partial charge in [-0.25, -0.2) is 8.42 Å². The van der Waals surface area contributed by atoms with Gasteiger partial charge in [-0.3, -0.25) is 13.9 Å². The fraction of sp³-hybridized carbons (Fsp3) is 0.375. The van der Waals surface area contributed by atoms with E-state index >= 15 is 0 Å². The Labute approximate surface area is 252 Å². The quantitative estimate of drug-likeness (QED) is 0.295. The van der Waals surface area contributed by atoms with Gasteiger partial charge in [-0.05, 0) is 54.7 Å². The van der Waals surface area contributed by atoms with Crippen molar-refractivity contribution < 1.29 is 18.0 Å². The third-order valence-electron chi connectivity index (χ3n) is 7.53. The van der Waals surface area contributed by atoms with Crippen LogP contribution in [-0.2, 0) is 32.6 Å². The van der Waals surface area contributed by atoms with E-state index in [0.29, 0.717) is 12.1 Å². The largest absolute Gasteiger partial charge is 0.352 e. The molecule has 0 bridgehead atoms. The minimum absolute atomic E-state index is 0.0708. The van der Waals surface area contributed by atoms with E-state index in [-0.39, 0.29) is 18.5 Å². The lowest BCUT2D eigenvalue weighted by Crippen LogP contribution is -2.55. The molecule has 1 N–H and O–H groups in total. The smallest absolute Gasteiger partial charge is 0.244 e. The molecule has 2 amide bonds. The molecule has 3 aromatic rings. The van der Waals surface area contributed by atoms with Gasteiger partial charge in [-0.15, -0.1) is 0 Å². The van der Waals surface area contributed by atoms with E-state index in [9.17, 15) is 18.0 Å². The number of hydrogen-bond acceptors (Lipinski definition) is 4. The van der Waals surface area contributed by atoms with Crippen LogP contribution in [0.3, 0.4) is 0 Å². The first-order valence-electron chi connectivity index (χ1n) is 14.0. The van der Waals surface area contributed by atoms with Crippen LogP contribution in [0, 0.1) is 6.92 Å². The molecule has 41 heavy (non-hydrogen) atoms. The predicted octanol–water partition coefficient (Wildman–Crippen LogP) is 5.61. The van der Waals surface area contributed by atoms with Crippen LogP contribution in [0.2, 0.25) is 0 Å². The Morgan fingerprint density at radius 2 is 1.54 bits per heavy atom. The number of nitrogens with one attached hydrogen (secondary N) is 1. The molecule has 1 unspecified atom stereocenters. The van der Waals surface area contributed by atoms with E-state index in [0.717, 1.165) is 63.8 Å². The van der Waals surface area contributed by atoms with Crippen molar-refractivity contribution in [1.82, 2.24) is 10.2 Å². The highest BCUT2D eigenvalue weighted by molar-refractivity contribution is 9.10. The van der Waals surface area contributed by atoms with Gasteiger partial charge < -0.3 is 10.2 Å². The molecule has 1 saturated carbocycles. The molecule has 1 atom stereocenters. The van der Waals surface area contributed by atoms with Crippen LogP contribution in [0.15, 0.2) is 83.3 Å². The summed E-state index contributed by atoms with van der Waals surface area (Å²) in [5.74, 6) is -0.657. The number of carbonyl (C=O) groups is 2. The summed E-state index contributed by atoms with van der Waals surface area (Å²) in [7, 11) is -3.81. The molecule has 1 aliphatic carbocycles. The second-order valence-electron chi connectivity index (χ2n) is 10.8. The molecule has 218 valence electrons. The minimum atomic E-state index is -3.81. The number of carbonyl (C=O) groups excluding carboxylic acids is 2. The number of benzene rings is 3. The van der Waals surface area contributed by atoms with Gasteiger partial charge in [0.15, 0.2) is 0 Å². The summed E-state index contributed by atoms with van der Waals surface area (Å²) >= 11 is 3.46. The number of anilines is 1. The van der Waals surface area contributed by atoms with Gasteiger partial charge in [0.05, 0.1) is 11.9 Å². The summed E-state index contributed by atoms with van der Waals surface area (Å²) in [5.41, 5.74) is 3.02. The number of halogens is 1. The lowest BCUT2D eigenvalue weighted by Gasteiger charge is -2.35. The van der Waals surface area contributed by atoms with E-state index in [1.807, 2.05) is 67.6 Å². The van der Waals surface area contributed by atoms with Crippen molar-refractivity contribution in [2.45, 2.75) is 64.1 Å². The number of rotatable bonds is 11. The highest BCUT2D eigenvalue weighted by atomic mass is 79.9. The standard InChI is InChI=1S/C32H38BrN3O4S/c1-24-20-28(18-19-29(24)33)36(41(2,39)40)23-31(37)35(22-26-14-8-4-9-15-26)30(21-25-12-6-3-7-13-25)32(38)34-27-16-10-5-11-17-27/h3-4,6-9,12-15,18-20,27,30H,5,10-11,16-17,21-23H2,1-2H3,(H,34,38). The molecule has 9 heteroatoms. The molecular weight excluding hydrogens is 602 g/mol. The van der Waals surface area contributed by atoms with Crippen LogP contribution in [0.5, 0.6) is 0 Å². The first-order chi connectivity index (χ1) is 19.6. The summed E-state index contributed by atoms with van der Waals surface area (Å²) in [6.45, 7) is 1.62. The average molecular weight is 641 g/mol. The number of nitrogens with zero attached hydrogens (tertiary/aromatic N) is 2. The fourth-order valence-electron chi connectivity index (χ4n) is 5.28. The molecule has 0 spiro atoms. The summed E-state index contributed by atoms with van der Waals surface area (Å²) in [4.78, 5) is 29.7. The zero-order chi connectivity index (χ0) is 29.4. The van der Waals surface area contributed by atoms with Crippen LogP contribution in [0.4, 0.5) is 5.69 Å². The van der Waals surface area contributed by atoms with Crippen molar-refractivity contribution in [1.29, 1.82) is 0 Å². The van der Waals surface area contributed by atoms with Crippen LogP contribution >= 0.6 is 15.9 Å². The zero-order valence-electron chi connectivity index (χ0n) is 23.6. The van der Waals surface area contributed by atoms with Crippen LogP contribution < -0.4 is 9.62 Å². The molecule has 0 aromatic heterocycles. The van der Waals surface area contributed by atoms with Gasteiger partial charge >= 0.3 is 0 Å². The van der Waals surface area contributed by atoms with Gasteiger partial charge in [0.1, 0.15) is 12.6 Å². The molecule has 1 fully saturated rings. The summed E-state index contributed by atoms with van der Waals surface area (Å²) in [6, 6.07) is 23.5. The van der Waals surface area contributed by atoms with Crippen LogP contribution in [-0.4, -0.2) is 50.0 Å². The van der Waals surface area contributed by atoms with E-state index in [4.69, 9.17) is 0 Å². The number of hydrogen-bond donors (Lipinski definition) is 1. The first-order valence-corrected chi connectivity index (χ1v) is 16.7. The normalized spacial score (nSPS) is 14.7. The Kier molecular flexibility index (Phi) is 10.6. The van der Waals surface area contributed by atoms with Crippen LogP contribution in [0.25, 0.3) is 0 Å². The zero-order valence-corrected chi connectivity index (χ0v) is 26.0. The second kappa shape index (κ2) is 14.1. The molecule has 3 aromatic carbocycles. The maximum absolute atomic E-state index is 14.2. The van der Waals surface area contributed by atoms with Crippen molar-refractivity contribution in [2.75, 3.05) is 17.1 Å². The first kappa shape index (κ1) is 30.8. The summed E-state index contributed by atoms with van der Waals surface area (Å²) in [6.07, 6.45) is 6.54. The Balaban J connectivity index is 1.71. The molecule has 0 heterocycles.